The van der Waals surface area contributed by atoms with Crippen molar-refractivity contribution < 1.29 is 5.11 Å². The molecule has 1 aliphatic rings. The summed E-state index contributed by atoms with van der Waals surface area (Å²) < 4.78 is 0. The minimum absolute atomic E-state index is 0.619. The van der Waals surface area contributed by atoms with Crippen LogP contribution in [0.15, 0.2) is 48.5 Å². The fourth-order valence-electron chi connectivity index (χ4n) is 2.71. The predicted molar refractivity (Wildman–Crippen MR) is 68.9 cm³/mol. The summed E-state index contributed by atoms with van der Waals surface area (Å²) in [4.78, 5) is 0. The fraction of sp³-hybridized carbons (Fsp3) is 0.188. The largest absolute Gasteiger partial charge is 0.380 e. The molecule has 0 spiro atoms. The third kappa shape index (κ3) is 1.53. The van der Waals surface area contributed by atoms with Crippen LogP contribution in [0.5, 0.6) is 0 Å². The second kappa shape index (κ2) is 3.97. The Labute approximate surface area is 106 Å². The van der Waals surface area contributed by atoms with Crippen LogP contribution in [0.3, 0.4) is 0 Å². The second-order valence-electron chi connectivity index (χ2n) is 4.71. The van der Waals surface area contributed by atoms with E-state index in [-0.39, 0.29) is 0 Å². The molecule has 2 aromatic rings. The molecular formula is C16H13NO. The van der Waals surface area contributed by atoms with Crippen molar-refractivity contribution in [3.05, 3.63) is 70.8 Å². The average molecular weight is 235 g/mol. The van der Waals surface area contributed by atoms with Crippen molar-refractivity contribution in [2.24, 2.45) is 0 Å². The Morgan fingerprint density at radius 2 is 1.78 bits per heavy atom. The first-order chi connectivity index (χ1) is 8.74. The van der Waals surface area contributed by atoms with Crippen molar-refractivity contribution in [2.75, 3.05) is 0 Å². The normalized spacial score (nSPS) is 21.3. The molecule has 1 aliphatic carbocycles. The number of rotatable bonds is 1. The summed E-state index contributed by atoms with van der Waals surface area (Å²) in [7, 11) is 0. The lowest BCUT2D eigenvalue weighted by Crippen LogP contribution is -2.23. The molecule has 0 saturated heterocycles. The quantitative estimate of drug-likeness (QED) is 0.826. The van der Waals surface area contributed by atoms with Gasteiger partial charge >= 0.3 is 0 Å². The maximum Gasteiger partial charge on any atom is 0.115 e. The molecule has 88 valence electrons. The Morgan fingerprint density at radius 3 is 2.50 bits per heavy atom. The highest BCUT2D eigenvalue weighted by Crippen LogP contribution is 2.41. The van der Waals surface area contributed by atoms with Gasteiger partial charge in [-0.25, -0.2) is 0 Å². The van der Waals surface area contributed by atoms with E-state index in [0.717, 1.165) is 17.5 Å². The molecule has 0 bridgehead atoms. The van der Waals surface area contributed by atoms with Gasteiger partial charge in [-0.1, -0.05) is 36.4 Å². The maximum atomic E-state index is 10.9. The molecule has 0 aromatic heterocycles. The van der Waals surface area contributed by atoms with Crippen LogP contribution in [0.4, 0.5) is 0 Å². The van der Waals surface area contributed by atoms with E-state index in [2.05, 4.69) is 12.1 Å². The van der Waals surface area contributed by atoms with Crippen molar-refractivity contribution in [1.29, 1.82) is 5.26 Å². The van der Waals surface area contributed by atoms with Gasteiger partial charge in [-0.15, -0.1) is 0 Å². The van der Waals surface area contributed by atoms with Crippen molar-refractivity contribution in [3.8, 4) is 6.07 Å². The van der Waals surface area contributed by atoms with E-state index >= 15 is 0 Å². The molecule has 0 heterocycles. The number of aryl methyl sites for hydroxylation is 1. The number of fused-ring (bicyclic) bond motifs is 1. The first kappa shape index (κ1) is 11.0. The van der Waals surface area contributed by atoms with E-state index in [4.69, 9.17) is 5.26 Å². The van der Waals surface area contributed by atoms with Gasteiger partial charge in [0, 0.05) is 0 Å². The van der Waals surface area contributed by atoms with E-state index < -0.39 is 5.60 Å². The number of benzene rings is 2. The molecular weight excluding hydrogens is 222 g/mol. The summed E-state index contributed by atoms with van der Waals surface area (Å²) in [6, 6.07) is 17.3. The van der Waals surface area contributed by atoms with E-state index in [1.54, 1.807) is 12.1 Å². The van der Waals surface area contributed by atoms with Crippen molar-refractivity contribution in [2.45, 2.75) is 18.4 Å². The lowest BCUT2D eigenvalue weighted by Gasteiger charge is -2.24. The van der Waals surface area contributed by atoms with Gasteiger partial charge in [0.05, 0.1) is 11.6 Å². The lowest BCUT2D eigenvalue weighted by molar-refractivity contribution is 0.0829. The van der Waals surface area contributed by atoms with Crippen molar-refractivity contribution >= 4 is 0 Å². The first-order valence-electron chi connectivity index (χ1n) is 6.05. The molecule has 1 N–H and O–H groups in total. The lowest BCUT2D eigenvalue weighted by atomic mass is 9.87. The van der Waals surface area contributed by atoms with Crippen LogP contribution in [0.1, 0.15) is 28.7 Å². The third-order valence-corrected chi connectivity index (χ3v) is 3.71. The Bertz CT molecular complexity index is 624. The SMILES string of the molecule is N#Cc1ccc(C2(O)CCc3ccccc32)cc1. The Balaban J connectivity index is 2.09. The summed E-state index contributed by atoms with van der Waals surface area (Å²) in [6.07, 6.45) is 1.60. The molecule has 2 aromatic carbocycles. The molecule has 2 nitrogen and oxygen atoms in total. The van der Waals surface area contributed by atoms with E-state index in [1.807, 2.05) is 30.3 Å². The second-order valence-corrected chi connectivity index (χ2v) is 4.71. The minimum Gasteiger partial charge on any atom is -0.380 e. The third-order valence-electron chi connectivity index (χ3n) is 3.71. The van der Waals surface area contributed by atoms with Gasteiger partial charge in [0.25, 0.3) is 0 Å². The van der Waals surface area contributed by atoms with Crippen molar-refractivity contribution in [1.82, 2.24) is 0 Å². The monoisotopic (exact) mass is 235 g/mol. The summed E-state index contributed by atoms with van der Waals surface area (Å²) in [5.74, 6) is 0. The molecule has 0 radical (unpaired) electrons. The van der Waals surface area contributed by atoms with Crippen LogP contribution in [0.25, 0.3) is 0 Å². The number of hydrogen-bond acceptors (Lipinski definition) is 2. The molecule has 3 rings (SSSR count). The van der Waals surface area contributed by atoms with Gasteiger partial charge < -0.3 is 5.11 Å². The summed E-state index contributed by atoms with van der Waals surface area (Å²) in [6.45, 7) is 0. The molecule has 0 saturated carbocycles. The Hall–Kier alpha value is -2.11. The van der Waals surface area contributed by atoms with Crippen LogP contribution in [-0.2, 0) is 12.0 Å². The van der Waals surface area contributed by atoms with Gasteiger partial charge in [0.2, 0.25) is 0 Å². The summed E-state index contributed by atoms with van der Waals surface area (Å²) in [5.41, 5.74) is 2.80. The highest BCUT2D eigenvalue weighted by Gasteiger charge is 2.37. The molecule has 0 fully saturated rings. The number of aliphatic hydroxyl groups is 1. The topological polar surface area (TPSA) is 44.0 Å². The van der Waals surface area contributed by atoms with E-state index in [1.165, 1.54) is 5.56 Å². The summed E-state index contributed by atoms with van der Waals surface area (Å²) in [5, 5.41) is 19.7. The minimum atomic E-state index is -0.898. The van der Waals surface area contributed by atoms with Crippen LogP contribution in [0.2, 0.25) is 0 Å². The standard InChI is InChI=1S/C16H13NO/c17-11-12-5-7-14(8-6-12)16(18)10-9-13-3-1-2-4-15(13)16/h1-8,18H,9-10H2. The Kier molecular flexibility index (Phi) is 2.43. The van der Waals surface area contributed by atoms with Gasteiger partial charge in [0.15, 0.2) is 0 Å². The zero-order valence-corrected chi connectivity index (χ0v) is 9.93. The zero-order chi connectivity index (χ0) is 12.6. The molecule has 0 amide bonds. The van der Waals surface area contributed by atoms with E-state index in [9.17, 15) is 5.11 Å². The van der Waals surface area contributed by atoms with Gasteiger partial charge in [0.1, 0.15) is 5.60 Å². The molecule has 18 heavy (non-hydrogen) atoms. The smallest absolute Gasteiger partial charge is 0.115 e. The van der Waals surface area contributed by atoms with Crippen molar-refractivity contribution in [3.63, 3.8) is 0 Å². The van der Waals surface area contributed by atoms with Crippen LogP contribution in [-0.4, -0.2) is 5.11 Å². The van der Waals surface area contributed by atoms with Gasteiger partial charge in [-0.3, -0.25) is 0 Å². The number of nitriles is 1. The molecule has 0 aliphatic heterocycles. The molecule has 1 atom stereocenters. The molecule has 1 unspecified atom stereocenters. The zero-order valence-electron chi connectivity index (χ0n) is 9.93. The average Bonchev–Trinajstić information content (AvgIpc) is 2.78. The predicted octanol–water partition coefficient (Wildman–Crippen LogP) is 2.74. The Morgan fingerprint density at radius 1 is 1.06 bits per heavy atom. The highest BCUT2D eigenvalue weighted by atomic mass is 16.3. The highest BCUT2D eigenvalue weighted by molar-refractivity contribution is 5.46. The molecule has 2 heteroatoms. The van der Waals surface area contributed by atoms with E-state index in [0.29, 0.717) is 12.0 Å². The van der Waals surface area contributed by atoms with Crippen LogP contribution >= 0.6 is 0 Å². The van der Waals surface area contributed by atoms with Crippen LogP contribution < -0.4 is 0 Å². The summed E-state index contributed by atoms with van der Waals surface area (Å²) >= 11 is 0. The van der Waals surface area contributed by atoms with Crippen LogP contribution in [0, 0.1) is 11.3 Å². The van der Waals surface area contributed by atoms with Gasteiger partial charge in [-0.05, 0) is 41.7 Å². The number of nitrogens with zero attached hydrogens (tertiary/aromatic N) is 1. The maximum absolute atomic E-state index is 10.9. The fourth-order valence-corrected chi connectivity index (χ4v) is 2.71. The number of hydrogen-bond donors (Lipinski definition) is 1. The first-order valence-corrected chi connectivity index (χ1v) is 6.05. The van der Waals surface area contributed by atoms with Gasteiger partial charge in [-0.2, -0.15) is 5.26 Å².